The fraction of sp³-hybridized carbons (Fsp3) is 0.278. The molecular formula is C18H17N3O5S. The first kappa shape index (κ1) is 18.7. The number of ether oxygens (including phenoxy) is 1. The van der Waals surface area contributed by atoms with E-state index in [4.69, 9.17) is 4.74 Å². The molecule has 0 radical (unpaired) electrons. The van der Waals surface area contributed by atoms with Crippen LogP contribution in [0.5, 0.6) is 0 Å². The van der Waals surface area contributed by atoms with E-state index >= 15 is 0 Å². The average molecular weight is 387 g/mol. The van der Waals surface area contributed by atoms with Gasteiger partial charge in [-0.1, -0.05) is 18.2 Å². The van der Waals surface area contributed by atoms with Gasteiger partial charge in [-0.05, 0) is 26.3 Å². The SMILES string of the molecule is Cc1sc2nc([C@H](C)OC(=O)Cc3ccccc3[N+](=O)[O-])[nH]c(=O)c2c1C. The van der Waals surface area contributed by atoms with Gasteiger partial charge in [0.25, 0.3) is 11.2 Å². The van der Waals surface area contributed by atoms with Crippen molar-refractivity contribution in [1.29, 1.82) is 0 Å². The molecule has 8 nitrogen and oxygen atoms in total. The molecule has 0 aliphatic carbocycles. The molecule has 1 aromatic carbocycles. The number of carbonyl (C=O) groups excluding carboxylic acids is 1. The molecule has 0 saturated heterocycles. The summed E-state index contributed by atoms with van der Waals surface area (Å²) in [5, 5.41) is 11.6. The lowest BCUT2D eigenvalue weighted by Crippen LogP contribution is -2.18. The lowest BCUT2D eigenvalue weighted by Gasteiger charge is -2.12. The maximum absolute atomic E-state index is 12.3. The lowest BCUT2D eigenvalue weighted by atomic mass is 10.1. The third-order valence-electron chi connectivity index (χ3n) is 4.27. The normalized spacial score (nSPS) is 12.1. The Morgan fingerprint density at radius 3 is 2.78 bits per heavy atom. The van der Waals surface area contributed by atoms with Crippen LogP contribution >= 0.6 is 11.3 Å². The van der Waals surface area contributed by atoms with Crippen LogP contribution in [0.25, 0.3) is 10.2 Å². The molecule has 27 heavy (non-hydrogen) atoms. The maximum atomic E-state index is 12.3. The van der Waals surface area contributed by atoms with Crippen LogP contribution in [-0.4, -0.2) is 20.9 Å². The molecule has 1 N–H and O–H groups in total. The number of aromatic nitrogens is 2. The molecule has 0 aliphatic rings. The third kappa shape index (κ3) is 3.72. The van der Waals surface area contributed by atoms with Gasteiger partial charge in [0, 0.05) is 16.5 Å². The van der Waals surface area contributed by atoms with Crippen molar-refractivity contribution < 1.29 is 14.5 Å². The zero-order valence-electron chi connectivity index (χ0n) is 14.9. The van der Waals surface area contributed by atoms with Gasteiger partial charge < -0.3 is 9.72 Å². The standard InChI is InChI=1S/C18H17N3O5S/c1-9-11(3)27-18-15(9)17(23)19-16(20-18)10(2)26-14(22)8-12-6-4-5-7-13(12)21(24)25/h4-7,10H,8H2,1-3H3,(H,19,20,23)/t10-/m0/s1. The van der Waals surface area contributed by atoms with Gasteiger partial charge in [0.1, 0.15) is 4.83 Å². The van der Waals surface area contributed by atoms with Crippen LogP contribution in [0.4, 0.5) is 5.69 Å². The van der Waals surface area contributed by atoms with E-state index in [1.54, 1.807) is 13.0 Å². The zero-order chi connectivity index (χ0) is 19.7. The van der Waals surface area contributed by atoms with Gasteiger partial charge in [-0.2, -0.15) is 0 Å². The van der Waals surface area contributed by atoms with E-state index in [0.717, 1.165) is 10.4 Å². The first-order valence-corrected chi connectivity index (χ1v) is 9.01. The molecule has 1 atom stereocenters. The largest absolute Gasteiger partial charge is 0.454 e. The van der Waals surface area contributed by atoms with Gasteiger partial charge in [-0.25, -0.2) is 4.98 Å². The minimum atomic E-state index is -0.792. The quantitative estimate of drug-likeness (QED) is 0.408. The molecule has 140 valence electrons. The summed E-state index contributed by atoms with van der Waals surface area (Å²) >= 11 is 1.40. The number of nitro benzene ring substituents is 1. The molecule has 3 aromatic rings. The van der Waals surface area contributed by atoms with Gasteiger partial charge in [0.05, 0.1) is 16.7 Å². The van der Waals surface area contributed by atoms with Crippen LogP contribution in [0.3, 0.4) is 0 Å². The predicted octanol–water partition coefficient (Wildman–Crippen LogP) is 3.36. The summed E-state index contributed by atoms with van der Waals surface area (Å²) in [5.41, 5.74) is 0.732. The molecule has 0 fully saturated rings. The van der Waals surface area contributed by atoms with Crippen LogP contribution in [0, 0.1) is 24.0 Å². The number of esters is 1. The fourth-order valence-electron chi connectivity index (χ4n) is 2.75. The van der Waals surface area contributed by atoms with Crippen molar-refractivity contribution in [1.82, 2.24) is 9.97 Å². The Morgan fingerprint density at radius 2 is 2.07 bits per heavy atom. The monoisotopic (exact) mass is 387 g/mol. The van der Waals surface area contributed by atoms with Crippen LogP contribution in [0.1, 0.15) is 34.9 Å². The number of aryl methyl sites for hydroxylation is 2. The van der Waals surface area contributed by atoms with Gasteiger partial charge in [-0.15, -0.1) is 11.3 Å². The van der Waals surface area contributed by atoms with Gasteiger partial charge >= 0.3 is 5.97 Å². The molecule has 0 bridgehead atoms. The average Bonchev–Trinajstić information content (AvgIpc) is 2.89. The summed E-state index contributed by atoms with van der Waals surface area (Å²) in [5.74, 6) is -0.400. The third-order valence-corrected chi connectivity index (χ3v) is 5.37. The number of hydrogen-bond donors (Lipinski definition) is 1. The Bertz CT molecular complexity index is 1100. The Morgan fingerprint density at radius 1 is 1.37 bits per heavy atom. The van der Waals surface area contributed by atoms with Gasteiger partial charge in [0.2, 0.25) is 0 Å². The van der Waals surface area contributed by atoms with E-state index in [1.807, 2.05) is 13.8 Å². The second kappa shape index (κ2) is 7.28. The summed E-state index contributed by atoms with van der Waals surface area (Å²) in [7, 11) is 0. The molecular weight excluding hydrogens is 370 g/mol. The van der Waals surface area contributed by atoms with Crippen molar-refractivity contribution in [2.45, 2.75) is 33.3 Å². The highest BCUT2D eigenvalue weighted by Crippen LogP contribution is 2.27. The Kier molecular flexibility index (Phi) is 5.04. The van der Waals surface area contributed by atoms with E-state index in [9.17, 15) is 19.7 Å². The number of nitrogens with zero attached hydrogens (tertiary/aromatic N) is 2. The van der Waals surface area contributed by atoms with E-state index in [2.05, 4.69) is 9.97 Å². The molecule has 0 spiro atoms. The molecule has 0 unspecified atom stereocenters. The number of hydrogen-bond acceptors (Lipinski definition) is 7. The first-order chi connectivity index (χ1) is 12.8. The number of carbonyl (C=O) groups is 1. The number of thiophene rings is 1. The second-order valence-corrected chi connectivity index (χ2v) is 7.31. The van der Waals surface area contributed by atoms with Crippen molar-refractivity contribution in [2.24, 2.45) is 0 Å². The number of aromatic amines is 1. The van der Waals surface area contributed by atoms with Crippen LogP contribution in [-0.2, 0) is 16.0 Å². The van der Waals surface area contributed by atoms with Crippen LogP contribution in [0.2, 0.25) is 0 Å². The highest BCUT2D eigenvalue weighted by molar-refractivity contribution is 7.18. The summed E-state index contributed by atoms with van der Waals surface area (Å²) in [6, 6.07) is 5.99. The second-order valence-electron chi connectivity index (χ2n) is 6.11. The van der Waals surface area contributed by atoms with E-state index in [-0.39, 0.29) is 29.1 Å². The molecule has 0 aliphatic heterocycles. The lowest BCUT2D eigenvalue weighted by molar-refractivity contribution is -0.385. The summed E-state index contributed by atoms with van der Waals surface area (Å²) in [6.45, 7) is 5.37. The molecule has 9 heteroatoms. The number of fused-ring (bicyclic) bond motifs is 1. The summed E-state index contributed by atoms with van der Waals surface area (Å²) < 4.78 is 5.33. The summed E-state index contributed by atoms with van der Waals surface area (Å²) in [4.78, 5) is 43.7. The number of H-pyrrole nitrogens is 1. The van der Waals surface area contributed by atoms with Crippen LogP contribution < -0.4 is 5.56 Å². The van der Waals surface area contributed by atoms with E-state index in [1.165, 1.54) is 29.5 Å². The molecule has 2 heterocycles. The molecule has 3 rings (SSSR count). The number of nitro groups is 1. The zero-order valence-corrected chi connectivity index (χ0v) is 15.8. The van der Waals surface area contributed by atoms with E-state index in [0.29, 0.717) is 10.2 Å². The highest BCUT2D eigenvalue weighted by atomic mass is 32.1. The molecule has 2 aromatic heterocycles. The Labute approximate surface area is 158 Å². The van der Waals surface area contributed by atoms with Crippen molar-refractivity contribution in [2.75, 3.05) is 0 Å². The van der Waals surface area contributed by atoms with Crippen molar-refractivity contribution in [3.63, 3.8) is 0 Å². The minimum Gasteiger partial charge on any atom is -0.454 e. The number of para-hydroxylation sites is 1. The van der Waals surface area contributed by atoms with Gasteiger partial charge in [0.15, 0.2) is 11.9 Å². The van der Waals surface area contributed by atoms with Crippen LogP contribution in [0.15, 0.2) is 29.1 Å². The number of benzene rings is 1. The first-order valence-electron chi connectivity index (χ1n) is 8.19. The van der Waals surface area contributed by atoms with Gasteiger partial charge in [-0.3, -0.25) is 19.7 Å². The fourth-order valence-corrected chi connectivity index (χ4v) is 3.79. The van der Waals surface area contributed by atoms with Crippen molar-refractivity contribution in [3.8, 4) is 0 Å². The smallest absolute Gasteiger partial charge is 0.311 e. The molecule has 0 amide bonds. The Hall–Kier alpha value is -3.07. The highest BCUT2D eigenvalue weighted by Gasteiger charge is 2.21. The maximum Gasteiger partial charge on any atom is 0.311 e. The predicted molar refractivity (Wildman–Crippen MR) is 101 cm³/mol. The number of rotatable bonds is 5. The molecule has 0 saturated carbocycles. The summed E-state index contributed by atoms with van der Waals surface area (Å²) in [6.07, 6.45) is -1.04. The Balaban J connectivity index is 1.80. The topological polar surface area (TPSA) is 115 Å². The number of nitrogens with one attached hydrogen (secondary N) is 1. The van der Waals surface area contributed by atoms with Crippen molar-refractivity contribution in [3.05, 3.63) is 66.6 Å². The minimum absolute atomic E-state index is 0.139. The van der Waals surface area contributed by atoms with Crippen molar-refractivity contribution >= 4 is 33.2 Å². The van der Waals surface area contributed by atoms with E-state index < -0.39 is 17.0 Å².